The van der Waals surface area contributed by atoms with Crippen LogP contribution in [0.5, 0.6) is 5.75 Å². The summed E-state index contributed by atoms with van der Waals surface area (Å²) in [5, 5.41) is 4.03. The SMILES string of the molecule is Cc1ccc(/C=N/NC(=O)c2ccccc2OCc2ccccc2)cc1. The van der Waals surface area contributed by atoms with Crippen LogP contribution in [0.2, 0.25) is 0 Å². The molecule has 0 radical (unpaired) electrons. The number of amides is 1. The van der Waals surface area contributed by atoms with Gasteiger partial charge >= 0.3 is 0 Å². The monoisotopic (exact) mass is 344 g/mol. The first-order chi connectivity index (χ1) is 12.7. The minimum atomic E-state index is -0.308. The first-order valence-corrected chi connectivity index (χ1v) is 8.38. The molecule has 0 fully saturated rings. The van der Waals surface area contributed by atoms with Crippen LogP contribution in [0.4, 0.5) is 0 Å². The van der Waals surface area contributed by atoms with Crippen molar-refractivity contribution in [1.82, 2.24) is 5.43 Å². The highest BCUT2D eigenvalue weighted by Gasteiger charge is 2.11. The molecule has 3 aromatic carbocycles. The van der Waals surface area contributed by atoms with Gasteiger partial charge in [-0.2, -0.15) is 5.10 Å². The Balaban J connectivity index is 1.64. The Bertz CT molecular complexity index is 888. The van der Waals surface area contributed by atoms with Crippen molar-refractivity contribution in [3.8, 4) is 5.75 Å². The molecule has 1 amide bonds. The predicted molar refractivity (Wildman–Crippen MR) is 103 cm³/mol. The van der Waals surface area contributed by atoms with Gasteiger partial charge in [0.25, 0.3) is 5.91 Å². The number of hydrogen-bond donors (Lipinski definition) is 1. The summed E-state index contributed by atoms with van der Waals surface area (Å²) in [4.78, 5) is 12.4. The molecular weight excluding hydrogens is 324 g/mol. The minimum Gasteiger partial charge on any atom is -0.488 e. The summed E-state index contributed by atoms with van der Waals surface area (Å²) < 4.78 is 5.81. The summed E-state index contributed by atoms with van der Waals surface area (Å²) >= 11 is 0. The lowest BCUT2D eigenvalue weighted by molar-refractivity contribution is 0.0950. The van der Waals surface area contributed by atoms with E-state index in [4.69, 9.17) is 4.74 Å². The first-order valence-electron chi connectivity index (χ1n) is 8.38. The Morgan fingerprint density at radius 1 is 0.962 bits per heavy atom. The maximum absolute atomic E-state index is 12.4. The molecule has 3 rings (SSSR count). The molecule has 0 spiro atoms. The van der Waals surface area contributed by atoms with Gasteiger partial charge in [-0.3, -0.25) is 4.79 Å². The third-order valence-corrected chi connectivity index (χ3v) is 3.83. The fraction of sp³-hybridized carbons (Fsp3) is 0.0909. The van der Waals surface area contributed by atoms with Crippen molar-refractivity contribution in [3.63, 3.8) is 0 Å². The molecule has 26 heavy (non-hydrogen) atoms. The molecule has 0 atom stereocenters. The van der Waals surface area contributed by atoms with Crippen LogP contribution >= 0.6 is 0 Å². The van der Waals surface area contributed by atoms with E-state index in [9.17, 15) is 4.79 Å². The molecule has 3 aromatic rings. The van der Waals surface area contributed by atoms with Crippen LogP contribution in [0.1, 0.15) is 27.0 Å². The highest BCUT2D eigenvalue weighted by Crippen LogP contribution is 2.19. The van der Waals surface area contributed by atoms with Crippen LogP contribution in [-0.4, -0.2) is 12.1 Å². The Hall–Kier alpha value is -3.40. The molecule has 0 heterocycles. The molecular formula is C22H20N2O2. The van der Waals surface area contributed by atoms with E-state index in [0.29, 0.717) is 17.9 Å². The van der Waals surface area contributed by atoms with Crippen LogP contribution in [0, 0.1) is 6.92 Å². The van der Waals surface area contributed by atoms with Crippen LogP contribution in [0.15, 0.2) is 84.0 Å². The average molecular weight is 344 g/mol. The Morgan fingerprint density at radius 3 is 2.42 bits per heavy atom. The molecule has 1 N–H and O–H groups in total. The number of hydrazone groups is 1. The normalized spacial score (nSPS) is 10.7. The smallest absolute Gasteiger partial charge is 0.275 e. The second-order valence-electron chi connectivity index (χ2n) is 5.88. The largest absolute Gasteiger partial charge is 0.488 e. The maximum Gasteiger partial charge on any atom is 0.275 e. The summed E-state index contributed by atoms with van der Waals surface area (Å²) in [6.45, 7) is 2.42. The van der Waals surface area contributed by atoms with Crippen molar-refractivity contribution in [2.45, 2.75) is 13.5 Å². The number of para-hydroxylation sites is 1. The number of nitrogens with one attached hydrogen (secondary N) is 1. The number of rotatable bonds is 6. The van der Waals surface area contributed by atoms with Gasteiger partial charge in [-0.05, 0) is 30.2 Å². The highest BCUT2D eigenvalue weighted by molar-refractivity contribution is 5.97. The Morgan fingerprint density at radius 2 is 1.65 bits per heavy atom. The molecule has 0 unspecified atom stereocenters. The molecule has 130 valence electrons. The van der Waals surface area contributed by atoms with Gasteiger partial charge in [0.2, 0.25) is 0 Å². The summed E-state index contributed by atoms with van der Waals surface area (Å²) in [7, 11) is 0. The number of ether oxygens (including phenoxy) is 1. The molecule has 0 aliphatic rings. The van der Waals surface area contributed by atoms with Gasteiger partial charge in [-0.1, -0.05) is 72.3 Å². The van der Waals surface area contributed by atoms with E-state index in [2.05, 4.69) is 10.5 Å². The van der Waals surface area contributed by atoms with Crippen molar-refractivity contribution >= 4 is 12.1 Å². The number of benzene rings is 3. The van der Waals surface area contributed by atoms with Crippen molar-refractivity contribution in [2.24, 2.45) is 5.10 Å². The number of carbonyl (C=O) groups is 1. The fourth-order valence-corrected chi connectivity index (χ4v) is 2.39. The van der Waals surface area contributed by atoms with E-state index in [1.165, 1.54) is 5.56 Å². The standard InChI is InChI=1S/C22H20N2O2/c1-17-11-13-18(14-12-17)15-23-24-22(25)20-9-5-6-10-21(20)26-16-19-7-3-2-4-8-19/h2-15H,16H2,1H3,(H,24,25)/b23-15+. The molecule has 0 saturated heterocycles. The van der Waals surface area contributed by atoms with Crippen molar-refractivity contribution in [2.75, 3.05) is 0 Å². The minimum absolute atomic E-state index is 0.308. The average Bonchev–Trinajstić information content (AvgIpc) is 2.69. The van der Waals surface area contributed by atoms with Crippen molar-refractivity contribution in [1.29, 1.82) is 0 Å². The highest BCUT2D eigenvalue weighted by atomic mass is 16.5. The molecule has 0 aliphatic carbocycles. The molecule has 4 nitrogen and oxygen atoms in total. The van der Waals surface area contributed by atoms with Gasteiger partial charge in [0, 0.05) is 0 Å². The van der Waals surface area contributed by atoms with E-state index in [0.717, 1.165) is 11.1 Å². The summed E-state index contributed by atoms with van der Waals surface area (Å²) in [6.07, 6.45) is 1.62. The van der Waals surface area contributed by atoms with Crippen LogP contribution in [0.3, 0.4) is 0 Å². The number of hydrogen-bond acceptors (Lipinski definition) is 3. The van der Waals surface area contributed by atoms with Gasteiger partial charge in [0.05, 0.1) is 11.8 Å². The van der Waals surface area contributed by atoms with Crippen molar-refractivity contribution < 1.29 is 9.53 Å². The summed E-state index contributed by atoms with van der Waals surface area (Å²) in [5.41, 5.74) is 6.14. The number of aryl methyl sites for hydroxylation is 1. The summed E-state index contributed by atoms with van der Waals surface area (Å²) in [5.74, 6) is 0.219. The first kappa shape index (κ1) is 17.4. The van der Waals surface area contributed by atoms with E-state index >= 15 is 0 Å². The quantitative estimate of drug-likeness (QED) is 0.534. The van der Waals surface area contributed by atoms with Gasteiger partial charge < -0.3 is 4.74 Å². The second kappa shape index (κ2) is 8.62. The Labute approximate surface area is 153 Å². The van der Waals surface area contributed by atoms with Crippen LogP contribution in [0.25, 0.3) is 0 Å². The molecule has 0 saturated carbocycles. The lowest BCUT2D eigenvalue weighted by atomic mass is 10.2. The zero-order chi connectivity index (χ0) is 18.2. The van der Waals surface area contributed by atoms with E-state index in [-0.39, 0.29) is 5.91 Å². The number of carbonyl (C=O) groups excluding carboxylic acids is 1. The van der Waals surface area contributed by atoms with Gasteiger partial charge in [0.15, 0.2) is 0 Å². The maximum atomic E-state index is 12.4. The lowest BCUT2D eigenvalue weighted by Gasteiger charge is -2.10. The van der Waals surface area contributed by atoms with E-state index < -0.39 is 0 Å². The number of nitrogens with zero attached hydrogens (tertiary/aromatic N) is 1. The third kappa shape index (κ3) is 4.80. The second-order valence-corrected chi connectivity index (χ2v) is 5.88. The third-order valence-electron chi connectivity index (χ3n) is 3.83. The molecule has 0 aliphatic heterocycles. The molecule has 0 aromatic heterocycles. The zero-order valence-electron chi connectivity index (χ0n) is 14.6. The van der Waals surface area contributed by atoms with Crippen LogP contribution < -0.4 is 10.2 Å². The molecule has 0 bridgehead atoms. The van der Waals surface area contributed by atoms with E-state index in [1.807, 2.05) is 67.6 Å². The fourth-order valence-electron chi connectivity index (χ4n) is 2.39. The van der Waals surface area contributed by atoms with Gasteiger partial charge in [-0.15, -0.1) is 0 Å². The van der Waals surface area contributed by atoms with Crippen molar-refractivity contribution in [3.05, 3.63) is 101 Å². The lowest BCUT2D eigenvalue weighted by Crippen LogP contribution is -2.18. The Kier molecular flexibility index (Phi) is 5.78. The molecule has 4 heteroatoms. The van der Waals surface area contributed by atoms with Gasteiger partial charge in [0.1, 0.15) is 12.4 Å². The zero-order valence-corrected chi connectivity index (χ0v) is 14.6. The summed E-state index contributed by atoms with van der Waals surface area (Å²) in [6, 6.07) is 24.9. The topological polar surface area (TPSA) is 50.7 Å². The van der Waals surface area contributed by atoms with E-state index in [1.54, 1.807) is 24.4 Å². The predicted octanol–water partition coefficient (Wildman–Crippen LogP) is 4.34. The van der Waals surface area contributed by atoms with Gasteiger partial charge in [-0.25, -0.2) is 5.43 Å². The van der Waals surface area contributed by atoms with Crippen LogP contribution in [-0.2, 0) is 6.61 Å².